The van der Waals surface area contributed by atoms with Gasteiger partial charge in [-0.25, -0.2) is 0 Å². The Hall–Kier alpha value is -2.67. The predicted octanol–water partition coefficient (Wildman–Crippen LogP) is 3.34. The topological polar surface area (TPSA) is 81.3 Å². The van der Waals surface area contributed by atoms with Gasteiger partial charge in [-0.2, -0.15) is 5.10 Å². The van der Waals surface area contributed by atoms with E-state index in [0.29, 0.717) is 17.5 Å². The van der Waals surface area contributed by atoms with Gasteiger partial charge in [-0.05, 0) is 55.9 Å². The molecule has 7 heteroatoms. The van der Waals surface area contributed by atoms with Crippen LogP contribution in [0.4, 0.5) is 0 Å². The fraction of sp³-hybridized carbons (Fsp3) is 0.607. The first kappa shape index (κ1) is 22.8. The van der Waals surface area contributed by atoms with Crippen molar-refractivity contribution in [2.75, 3.05) is 32.7 Å². The van der Waals surface area contributed by atoms with Crippen molar-refractivity contribution in [2.45, 2.75) is 57.4 Å². The zero-order valence-electron chi connectivity index (χ0n) is 20.5. The van der Waals surface area contributed by atoms with E-state index in [0.717, 1.165) is 82.5 Å². The fourth-order valence-electron chi connectivity index (χ4n) is 6.88. The summed E-state index contributed by atoms with van der Waals surface area (Å²) >= 11 is 0. The minimum Gasteiger partial charge on any atom is -0.349 e. The molecule has 3 heterocycles. The normalized spacial score (nSPS) is 25.1. The van der Waals surface area contributed by atoms with Gasteiger partial charge in [0.1, 0.15) is 0 Å². The predicted molar refractivity (Wildman–Crippen MR) is 134 cm³/mol. The second-order valence-corrected chi connectivity index (χ2v) is 11.1. The molecule has 1 aromatic heterocycles. The van der Waals surface area contributed by atoms with Crippen molar-refractivity contribution >= 4 is 11.8 Å². The Morgan fingerprint density at radius 3 is 2.49 bits per heavy atom. The molecule has 1 aromatic carbocycles. The Labute approximate surface area is 207 Å². The third-order valence-electron chi connectivity index (χ3n) is 8.84. The molecule has 0 spiro atoms. The second-order valence-electron chi connectivity index (χ2n) is 11.1. The number of likely N-dealkylation sites (tertiary alicyclic amines) is 2. The Balaban J connectivity index is 1.04. The number of hydrogen-bond acceptors (Lipinski definition) is 4. The van der Waals surface area contributed by atoms with Crippen LogP contribution >= 0.6 is 0 Å². The smallest absolute Gasteiger partial charge is 0.274 e. The Morgan fingerprint density at radius 1 is 1.00 bits per heavy atom. The highest BCUT2D eigenvalue weighted by Gasteiger charge is 2.42. The van der Waals surface area contributed by atoms with Crippen molar-refractivity contribution < 1.29 is 9.59 Å². The summed E-state index contributed by atoms with van der Waals surface area (Å²) in [5.74, 6) is 1.60. The molecule has 2 N–H and O–H groups in total. The summed E-state index contributed by atoms with van der Waals surface area (Å²) in [6.45, 7) is 4.71. The minimum absolute atomic E-state index is 0.0598. The standard InChI is InChI=1S/C28H37N5O2/c34-27(20-9-4-5-10-20)29-24(19-7-2-1-3-8-19)13-14-32-15-21-17-33(18-22(21)16-32)28(35)26-23-11-6-12-25(23)30-31-26/h1-3,7-8,20-22,24H,4-6,9-18H2,(H,29,34)(H,30,31)/t21?,22?,24-/m0/s1. The summed E-state index contributed by atoms with van der Waals surface area (Å²) in [5, 5.41) is 10.8. The van der Waals surface area contributed by atoms with Gasteiger partial charge in [0.15, 0.2) is 5.69 Å². The molecule has 2 unspecified atom stereocenters. The largest absolute Gasteiger partial charge is 0.349 e. The second kappa shape index (κ2) is 9.76. The molecule has 2 amide bonds. The van der Waals surface area contributed by atoms with Gasteiger partial charge in [0, 0.05) is 49.9 Å². The maximum atomic E-state index is 13.2. The van der Waals surface area contributed by atoms with Gasteiger partial charge in [-0.15, -0.1) is 0 Å². The van der Waals surface area contributed by atoms with Gasteiger partial charge in [-0.1, -0.05) is 43.2 Å². The lowest BCUT2D eigenvalue weighted by atomic mass is 10.0. The summed E-state index contributed by atoms with van der Waals surface area (Å²) in [5.41, 5.74) is 4.17. The lowest BCUT2D eigenvalue weighted by Crippen LogP contribution is -2.36. The van der Waals surface area contributed by atoms with E-state index in [4.69, 9.17) is 0 Å². The van der Waals surface area contributed by atoms with E-state index in [1.54, 1.807) is 0 Å². The maximum Gasteiger partial charge on any atom is 0.274 e. The van der Waals surface area contributed by atoms with E-state index in [1.165, 1.54) is 18.4 Å². The third-order valence-corrected chi connectivity index (χ3v) is 8.84. The maximum absolute atomic E-state index is 13.2. The lowest BCUT2D eigenvalue weighted by molar-refractivity contribution is -0.125. The van der Waals surface area contributed by atoms with Crippen LogP contribution in [0.2, 0.25) is 0 Å². The fourth-order valence-corrected chi connectivity index (χ4v) is 6.88. The van der Waals surface area contributed by atoms with Gasteiger partial charge in [0.25, 0.3) is 5.91 Å². The number of aromatic nitrogens is 2. The van der Waals surface area contributed by atoms with Crippen LogP contribution in [0.25, 0.3) is 0 Å². The molecule has 3 atom stereocenters. The first-order valence-electron chi connectivity index (χ1n) is 13.6. The average molecular weight is 476 g/mol. The molecule has 7 nitrogen and oxygen atoms in total. The summed E-state index contributed by atoms with van der Waals surface area (Å²) in [6.07, 6.45) is 8.43. The Kier molecular flexibility index (Phi) is 6.35. The molecule has 2 aliphatic heterocycles. The molecular formula is C28H37N5O2. The quantitative estimate of drug-likeness (QED) is 0.644. The van der Waals surface area contributed by atoms with Gasteiger partial charge in [-0.3, -0.25) is 14.7 Å². The number of aromatic amines is 1. The number of carbonyl (C=O) groups is 2. The number of H-pyrrole nitrogens is 1. The number of nitrogens with zero attached hydrogens (tertiary/aromatic N) is 3. The van der Waals surface area contributed by atoms with Crippen molar-refractivity contribution in [1.29, 1.82) is 0 Å². The van der Waals surface area contributed by atoms with Crippen molar-refractivity contribution in [1.82, 2.24) is 25.3 Å². The van der Waals surface area contributed by atoms with Gasteiger partial charge < -0.3 is 15.1 Å². The van der Waals surface area contributed by atoms with Gasteiger partial charge in [0.2, 0.25) is 5.91 Å². The van der Waals surface area contributed by atoms with E-state index in [-0.39, 0.29) is 23.8 Å². The summed E-state index contributed by atoms with van der Waals surface area (Å²) < 4.78 is 0. The minimum atomic E-state index is 0.0598. The van der Waals surface area contributed by atoms with Crippen LogP contribution < -0.4 is 5.32 Å². The van der Waals surface area contributed by atoms with Crippen molar-refractivity contribution in [3.05, 3.63) is 52.8 Å². The number of amides is 2. The number of aryl methyl sites for hydroxylation is 1. The van der Waals surface area contributed by atoms with Crippen molar-refractivity contribution in [3.63, 3.8) is 0 Å². The molecule has 4 aliphatic rings. The van der Waals surface area contributed by atoms with E-state index in [1.807, 2.05) is 11.0 Å². The SMILES string of the molecule is O=C(N[C@@H](CCN1CC2CN(C(=O)c3n[nH]c4c3CCC4)CC2C1)c1ccccc1)C1CCCC1. The third kappa shape index (κ3) is 4.63. The highest BCUT2D eigenvalue weighted by Crippen LogP contribution is 2.34. The van der Waals surface area contributed by atoms with Gasteiger partial charge >= 0.3 is 0 Å². The molecule has 0 bridgehead atoms. The summed E-state index contributed by atoms with van der Waals surface area (Å²) in [6, 6.07) is 10.5. The highest BCUT2D eigenvalue weighted by atomic mass is 16.2. The molecule has 1 saturated carbocycles. The highest BCUT2D eigenvalue weighted by molar-refractivity contribution is 5.94. The molecular weight excluding hydrogens is 438 g/mol. The number of carbonyl (C=O) groups excluding carboxylic acids is 2. The monoisotopic (exact) mass is 475 g/mol. The number of nitrogens with one attached hydrogen (secondary N) is 2. The van der Waals surface area contributed by atoms with Crippen molar-refractivity contribution in [2.24, 2.45) is 17.8 Å². The van der Waals surface area contributed by atoms with Crippen LogP contribution in [0.15, 0.2) is 30.3 Å². The zero-order valence-corrected chi connectivity index (χ0v) is 20.5. The summed E-state index contributed by atoms with van der Waals surface area (Å²) in [7, 11) is 0. The number of fused-ring (bicyclic) bond motifs is 2. The Morgan fingerprint density at radius 2 is 1.74 bits per heavy atom. The first-order chi connectivity index (χ1) is 17.2. The summed E-state index contributed by atoms with van der Waals surface area (Å²) in [4.78, 5) is 30.6. The number of rotatable bonds is 7. The molecule has 6 rings (SSSR count). The number of benzene rings is 1. The molecule has 0 radical (unpaired) electrons. The Bertz CT molecular complexity index is 1050. The van der Waals surface area contributed by atoms with Crippen LogP contribution in [-0.4, -0.2) is 64.5 Å². The van der Waals surface area contributed by atoms with E-state index in [9.17, 15) is 9.59 Å². The van der Waals surface area contributed by atoms with E-state index < -0.39 is 0 Å². The van der Waals surface area contributed by atoms with Crippen LogP contribution in [0.1, 0.15) is 71.9 Å². The van der Waals surface area contributed by atoms with Crippen molar-refractivity contribution in [3.8, 4) is 0 Å². The molecule has 35 heavy (non-hydrogen) atoms. The molecule has 2 aromatic rings. The molecule has 2 saturated heterocycles. The lowest BCUT2D eigenvalue weighted by Gasteiger charge is -2.25. The van der Waals surface area contributed by atoms with E-state index in [2.05, 4.69) is 44.7 Å². The average Bonchev–Trinajstić information content (AvgIpc) is 3.68. The molecule has 3 fully saturated rings. The zero-order chi connectivity index (χ0) is 23.8. The van der Waals surface area contributed by atoms with Crippen LogP contribution in [0.3, 0.4) is 0 Å². The van der Waals surface area contributed by atoms with Crippen LogP contribution in [-0.2, 0) is 17.6 Å². The first-order valence-corrected chi connectivity index (χ1v) is 13.6. The van der Waals surface area contributed by atoms with Crippen LogP contribution in [0.5, 0.6) is 0 Å². The van der Waals surface area contributed by atoms with Crippen LogP contribution in [0, 0.1) is 17.8 Å². The molecule has 186 valence electrons. The molecule has 2 aliphatic carbocycles. The van der Waals surface area contributed by atoms with E-state index >= 15 is 0 Å². The number of hydrogen-bond donors (Lipinski definition) is 2. The van der Waals surface area contributed by atoms with Gasteiger partial charge in [0.05, 0.1) is 6.04 Å².